The van der Waals surface area contributed by atoms with Gasteiger partial charge in [0.05, 0.1) is 25.0 Å². The molecule has 0 fully saturated rings. The Kier molecular flexibility index (Phi) is 6.29. The summed E-state index contributed by atoms with van der Waals surface area (Å²) in [6.07, 6.45) is 2.65. The smallest absolute Gasteiger partial charge is 0.310 e. The number of pyridine rings is 1. The van der Waals surface area contributed by atoms with E-state index in [0.717, 1.165) is 16.5 Å². The lowest BCUT2D eigenvalue weighted by molar-refractivity contribution is -0.145. The highest BCUT2D eigenvalue weighted by molar-refractivity contribution is 5.87. The molecule has 0 radical (unpaired) electrons. The molecule has 1 aromatic heterocycles. The Morgan fingerprint density at radius 1 is 1.21 bits per heavy atom. The predicted octanol–water partition coefficient (Wildman–Crippen LogP) is 2.73. The van der Waals surface area contributed by atoms with E-state index in [0.29, 0.717) is 18.9 Å². The molecule has 0 aliphatic carbocycles. The van der Waals surface area contributed by atoms with Crippen molar-refractivity contribution >= 4 is 22.8 Å². The maximum atomic E-state index is 12.3. The summed E-state index contributed by atoms with van der Waals surface area (Å²) >= 11 is 0. The molecule has 1 amide bonds. The van der Waals surface area contributed by atoms with Crippen molar-refractivity contribution < 1.29 is 14.3 Å². The number of ether oxygens (including phenoxy) is 1. The van der Waals surface area contributed by atoms with E-state index in [-0.39, 0.29) is 24.2 Å². The third-order valence-electron chi connectivity index (χ3n) is 3.90. The summed E-state index contributed by atoms with van der Waals surface area (Å²) in [7, 11) is 1.37. The minimum atomic E-state index is -0.315. The summed E-state index contributed by atoms with van der Waals surface area (Å²) in [5.74, 6) is -0.362. The van der Waals surface area contributed by atoms with Gasteiger partial charge in [-0.05, 0) is 24.0 Å². The van der Waals surface area contributed by atoms with Crippen LogP contribution < -0.4 is 5.32 Å². The van der Waals surface area contributed by atoms with Crippen LogP contribution in [-0.2, 0) is 20.7 Å². The zero-order chi connectivity index (χ0) is 17.5. The number of para-hydroxylation sites is 1. The van der Waals surface area contributed by atoms with E-state index < -0.39 is 0 Å². The Hall–Kier alpha value is -2.43. The lowest BCUT2D eigenvalue weighted by Crippen LogP contribution is -2.35. The second kappa shape index (κ2) is 8.43. The molecule has 0 spiro atoms. The van der Waals surface area contributed by atoms with E-state index in [1.807, 2.05) is 44.2 Å². The number of carbonyl (C=O) groups is 2. The summed E-state index contributed by atoms with van der Waals surface area (Å²) in [5, 5.41) is 3.86. The molecule has 1 atom stereocenters. The third-order valence-corrected chi connectivity index (χ3v) is 3.90. The zero-order valence-corrected chi connectivity index (χ0v) is 14.4. The fourth-order valence-electron chi connectivity index (χ4n) is 2.78. The number of aromatic nitrogens is 1. The fourth-order valence-corrected chi connectivity index (χ4v) is 2.78. The lowest BCUT2D eigenvalue weighted by Gasteiger charge is -2.17. The van der Waals surface area contributed by atoms with E-state index in [9.17, 15) is 9.59 Å². The van der Waals surface area contributed by atoms with Crippen molar-refractivity contribution in [3.05, 3.63) is 42.1 Å². The highest BCUT2D eigenvalue weighted by atomic mass is 16.5. The van der Waals surface area contributed by atoms with Crippen LogP contribution in [0.2, 0.25) is 0 Å². The molecule has 0 saturated heterocycles. The Bertz CT molecular complexity index is 707. The number of hydrogen-bond donors (Lipinski definition) is 1. The van der Waals surface area contributed by atoms with Crippen LogP contribution in [0, 0.1) is 11.8 Å². The van der Waals surface area contributed by atoms with Crippen LogP contribution in [0.3, 0.4) is 0 Å². The van der Waals surface area contributed by atoms with Gasteiger partial charge in [0.2, 0.25) is 5.91 Å². The van der Waals surface area contributed by atoms with Crippen LogP contribution in [0.25, 0.3) is 10.9 Å². The average molecular weight is 328 g/mol. The summed E-state index contributed by atoms with van der Waals surface area (Å²) < 4.78 is 4.82. The first-order valence-electron chi connectivity index (χ1n) is 8.18. The van der Waals surface area contributed by atoms with Gasteiger partial charge in [0.15, 0.2) is 0 Å². The van der Waals surface area contributed by atoms with E-state index in [4.69, 9.17) is 4.74 Å². The quantitative estimate of drug-likeness (QED) is 0.794. The summed E-state index contributed by atoms with van der Waals surface area (Å²) in [6, 6.07) is 9.64. The number of nitrogens with zero attached hydrogens (tertiary/aromatic N) is 1. The second-order valence-electron chi connectivity index (χ2n) is 6.32. The summed E-state index contributed by atoms with van der Waals surface area (Å²) in [4.78, 5) is 28.4. The molecule has 0 unspecified atom stereocenters. The number of amides is 1. The molecule has 0 aliphatic heterocycles. The highest BCUT2D eigenvalue weighted by Gasteiger charge is 2.21. The molecule has 2 aromatic rings. The minimum Gasteiger partial charge on any atom is -0.469 e. The van der Waals surface area contributed by atoms with Gasteiger partial charge >= 0.3 is 5.97 Å². The number of nitrogens with one attached hydrogen (secondary N) is 1. The molecular weight excluding hydrogens is 304 g/mol. The molecule has 2 rings (SSSR count). The van der Waals surface area contributed by atoms with Gasteiger partial charge in [0, 0.05) is 18.1 Å². The van der Waals surface area contributed by atoms with Crippen LogP contribution >= 0.6 is 0 Å². The van der Waals surface area contributed by atoms with Crippen molar-refractivity contribution in [1.29, 1.82) is 0 Å². The molecule has 128 valence electrons. The molecule has 1 heterocycles. The average Bonchev–Trinajstić information content (AvgIpc) is 2.58. The van der Waals surface area contributed by atoms with Crippen LogP contribution in [0.5, 0.6) is 0 Å². The van der Waals surface area contributed by atoms with Crippen molar-refractivity contribution in [2.75, 3.05) is 13.7 Å². The number of fused-ring (bicyclic) bond motifs is 1. The van der Waals surface area contributed by atoms with Crippen LogP contribution in [0.15, 0.2) is 36.5 Å². The van der Waals surface area contributed by atoms with Crippen molar-refractivity contribution in [1.82, 2.24) is 10.3 Å². The first-order chi connectivity index (χ1) is 11.5. The molecule has 5 nitrogen and oxygen atoms in total. The van der Waals surface area contributed by atoms with Crippen LogP contribution in [-0.4, -0.2) is 30.5 Å². The number of carbonyl (C=O) groups excluding carboxylic acids is 2. The molecular formula is C19H24N2O3. The van der Waals surface area contributed by atoms with Crippen molar-refractivity contribution in [3.8, 4) is 0 Å². The van der Waals surface area contributed by atoms with Gasteiger partial charge in [-0.3, -0.25) is 14.6 Å². The van der Waals surface area contributed by atoms with Gasteiger partial charge in [-0.25, -0.2) is 0 Å². The van der Waals surface area contributed by atoms with Gasteiger partial charge in [0.25, 0.3) is 0 Å². The fraction of sp³-hybridized carbons (Fsp3) is 0.421. The summed E-state index contributed by atoms with van der Waals surface area (Å²) in [6.45, 7) is 4.38. The van der Waals surface area contributed by atoms with Crippen LogP contribution in [0.1, 0.15) is 25.8 Å². The van der Waals surface area contributed by atoms with Crippen LogP contribution in [0.4, 0.5) is 0 Å². The monoisotopic (exact) mass is 328 g/mol. The van der Waals surface area contributed by atoms with Crippen molar-refractivity contribution in [2.45, 2.75) is 26.7 Å². The molecule has 0 bridgehead atoms. The normalized spacial score (nSPS) is 12.2. The number of esters is 1. The van der Waals surface area contributed by atoms with Gasteiger partial charge in [-0.1, -0.05) is 38.1 Å². The number of methoxy groups -OCH3 is 1. The third kappa shape index (κ3) is 4.78. The van der Waals surface area contributed by atoms with Crippen molar-refractivity contribution in [2.24, 2.45) is 11.8 Å². The Morgan fingerprint density at radius 2 is 1.96 bits per heavy atom. The molecule has 0 aliphatic rings. The highest BCUT2D eigenvalue weighted by Crippen LogP contribution is 2.17. The molecule has 24 heavy (non-hydrogen) atoms. The number of hydrogen-bond acceptors (Lipinski definition) is 4. The first-order valence-corrected chi connectivity index (χ1v) is 8.18. The van der Waals surface area contributed by atoms with Gasteiger partial charge in [0.1, 0.15) is 0 Å². The minimum absolute atomic E-state index is 0.120. The van der Waals surface area contributed by atoms with E-state index >= 15 is 0 Å². The maximum Gasteiger partial charge on any atom is 0.310 e. The molecule has 1 N–H and O–H groups in total. The molecule has 0 saturated carbocycles. The summed E-state index contributed by atoms with van der Waals surface area (Å²) in [5.41, 5.74) is 1.71. The van der Waals surface area contributed by atoms with E-state index in [1.165, 1.54) is 7.11 Å². The standard InChI is InChI=1S/C19H24N2O3/c1-13(2)10-16(19(23)24-3)12-21-17(22)11-15-7-4-6-14-8-5-9-20-18(14)15/h4-9,13,16H,10-12H2,1-3H3,(H,21,22)/t16-/m0/s1. The van der Waals surface area contributed by atoms with Gasteiger partial charge in [-0.2, -0.15) is 0 Å². The largest absolute Gasteiger partial charge is 0.469 e. The molecule has 5 heteroatoms. The Labute approximate surface area is 142 Å². The Morgan fingerprint density at radius 3 is 2.67 bits per heavy atom. The SMILES string of the molecule is COC(=O)[C@H](CNC(=O)Cc1cccc2cccnc12)CC(C)C. The first kappa shape index (κ1) is 17.9. The zero-order valence-electron chi connectivity index (χ0n) is 14.4. The van der Waals surface area contributed by atoms with E-state index in [1.54, 1.807) is 6.20 Å². The lowest BCUT2D eigenvalue weighted by atomic mass is 9.97. The van der Waals surface area contributed by atoms with Crippen molar-refractivity contribution in [3.63, 3.8) is 0 Å². The maximum absolute atomic E-state index is 12.3. The van der Waals surface area contributed by atoms with E-state index in [2.05, 4.69) is 10.3 Å². The topological polar surface area (TPSA) is 68.3 Å². The predicted molar refractivity (Wildman–Crippen MR) is 93.4 cm³/mol. The van der Waals surface area contributed by atoms with Gasteiger partial charge < -0.3 is 10.1 Å². The second-order valence-corrected chi connectivity index (χ2v) is 6.32. The van der Waals surface area contributed by atoms with Gasteiger partial charge in [-0.15, -0.1) is 0 Å². The molecule has 1 aromatic carbocycles. The Balaban J connectivity index is 2.00. The number of rotatable bonds is 7. The number of benzene rings is 1.